The van der Waals surface area contributed by atoms with Gasteiger partial charge >= 0.3 is 0 Å². The van der Waals surface area contributed by atoms with Crippen molar-refractivity contribution in [1.82, 2.24) is 0 Å². The maximum absolute atomic E-state index is 6.22. The highest BCUT2D eigenvalue weighted by Gasteiger charge is 2.29. The van der Waals surface area contributed by atoms with E-state index in [9.17, 15) is 0 Å². The Morgan fingerprint density at radius 2 is 2.12 bits per heavy atom. The summed E-state index contributed by atoms with van der Waals surface area (Å²) in [6.45, 7) is 12.7. The third-order valence-corrected chi connectivity index (χ3v) is 5.38. The summed E-state index contributed by atoms with van der Waals surface area (Å²) in [5.41, 5.74) is 0. The highest BCUT2D eigenvalue weighted by molar-refractivity contribution is 6.55. The zero-order chi connectivity index (χ0) is 12.6. The monoisotopic (exact) mass is 237 g/mol. The SMILES string of the molecule is C#CC[C@@H](CCC)O[Si](CC=C)C(C)(C)C. The first-order valence-electron chi connectivity index (χ1n) is 6.03. The molecular weight excluding hydrogens is 212 g/mol. The molecule has 1 radical (unpaired) electrons. The Bertz CT molecular complexity index is 234. The van der Waals surface area contributed by atoms with E-state index in [2.05, 4.69) is 40.2 Å². The second-order valence-electron chi connectivity index (χ2n) is 5.10. The molecule has 0 amide bonds. The molecule has 0 fully saturated rings. The maximum atomic E-state index is 6.22. The number of allylic oxidation sites excluding steroid dienone is 1. The molecule has 1 nitrogen and oxygen atoms in total. The lowest BCUT2D eigenvalue weighted by atomic mass is 10.1. The average molecular weight is 237 g/mol. The molecule has 0 rings (SSSR count). The Hall–Kier alpha value is -0.523. The van der Waals surface area contributed by atoms with E-state index < -0.39 is 9.04 Å². The first-order valence-corrected chi connectivity index (χ1v) is 7.64. The van der Waals surface area contributed by atoms with Crippen LogP contribution in [0.1, 0.15) is 47.0 Å². The number of hydrogen-bond acceptors (Lipinski definition) is 1. The van der Waals surface area contributed by atoms with E-state index in [1.807, 2.05) is 6.08 Å². The van der Waals surface area contributed by atoms with E-state index in [-0.39, 0.29) is 11.1 Å². The van der Waals surface area contributed by atoms with Crippen molar-refractivity contribution >= 4 is 9.04 Å². The fourth-order valence-electron chi connectivity index (χ4n) is 1.52. The average Bonchev–Trinajstić information content (AvgIpc) is 2.16. The molecule has 2 heteroatoms. The van der Waals surface area contributed by atoms with Crippen molar-refractivity contribution in [3.05, 3.63) is 12.7 Å². The van der Waals surface area contributed by atoms with Crippen LogP contribution < -0.4 is 0 Å². The van der Waals surface area contributed by atoms with Gasteiger partial charge in [-0.1, -0.05) is 40.2 Å². The molecule has 0 saturated carbocycles. The van der Waals surface area contributed by atoms with E-state index in [1.165, 1.54) is 0 Å². The van der Waals surface area contributed by atoms with Gasteiger partial charge in [-0.3, -0.25) is 0 Å². The summed E-state index contributed by atoms with van der Waals surface area (Å²) in [5.74, 6) is 2.72. The van der Waals surface area contributed by atoms with Crippen LogP contribution in [0, 0.1) is 12.3 Å². The zero-order valence-corrected chi connectivity index (χ0v) is 12.2. The first kappa shape index (κ1) is 15.5. The lowest BCUT2D eigenvalue weighted by Gasteiger charge is -2.31. The van der Waals surface area contributed by atoms with E-state index in [0.717, 1.165) is 25.3 Å². The molecule has 0 heterocycles. The van der Waals surface area contributed by atoms with Gasteiger partial charge in [-0.25, -0.2) is 0 Å². The molecular formula is C14H25OSi. The Morgan fingerprint density at radius 3 is 2.50 bits per heavy atom. The van der Waals surface area contributed by atoms with Crippen LogP contribution in [0.4, 0.5) is 0 Å². The minimum absolute atomic E-state index is 0.236. The van der Waals surface area contributed by atoms with Gasteiger partial charge in [-0.15, -0.1) is 18.9 Å². The molecule has 0 aromatic heterocycles. The minimum atomic E-state index is -0.867. The van der Waals surface area contributed by atoms with Crippen LogP contribution in [0.2, 0.25) is 11.1 Å². The highest BCUT2D eigenvalue weighted by atomic mass is 28.3. The molecule has 0 aliphatic carbocycles. The normalized spacial score (nSPS) is 13.5. The summed E-state index contributed by atoms with van der Waals surface area (Å²) >= 11 is 0. The molecule has 0 aliphatic rings. The van der Waals surface area contributed by atoms with Gasteiger partial charge in [-0.05, 0) is 17.5 Å². The molecule has 0 aromatic carbocycles. The summed E-state index contributed by atoms with van der Waals surface area (Å²) in [7, 11) is -0.867. The standard InChI is InChI=1S/C14H25OSi/c1-7-10-13(11-8-2)15-16(12-9-3)14(4,5)6/h1,9,13H,3,8,10-12H2,2,4-6H3/t13-/m0/s1. The quantitative estimate of drug-likeness (QED) is 0.367. The summed E-state index contributed by atoms with van der Waals surface area (Å²) in [6.07, 6.45) is 10.5. The Balaban J connectivity index is 4.45. The molecule has 0 aromatic rings. The van der Waals surface area contributed by atoms with Gasteiger partial charge in [0, 0.05) is 6.42 Å². The van der Waals surface area contributed by atoms with Gasteiger partial charge in [0.2, 0.25) is 9.04 Å². The van der Waals surface area contributed by atoms with Gasteiger partial charge in [-0.2, -0.15) is 0 Å². The van der Waals surface area contributed by atoms with Crippen molar-refractivity contribution in [1.29, 1.82) is 0 Å². The van der Waals surface area contributed by atoms with Crippen LogP contribution in [-0.2, 0) is 4.43 Å². The number of terminal acetylenes is 1. The van der Waals surface area contributed by atoms with E-state index in [4.69, 9.17) is 10.8 Å². The molecule has 91 valence electrons. The molecule has 0 spiro atoms. The molecule has 16 heavy (non-hydrogen) atoms. The van der Waals surface area contributed by atoms with Gasteiger partial charge in [0.1, 0.15) is 0 Å². The third-order valence-electron chi connectivity index (χ3n) is 2.43. The van der Waals surface area contributed by atoms with Crippen molar-refractivity contribution in [2.24, 2.45) is 0 Å². The topological polar surface area (TPSA) is 9.23 Å². The Kier molecular flexibility index (Phi) is 7.45. The van der Waals surface area contributed by atoms with Crippen LogP contribution in [0.3, 0.4) is 0 Å². The smallest absolute Gasteiger partial charge is 0.221 e. The van der Waals surface area contributed by atoms with Crippen molar-refractivity contribution in [2.75, 3.05) is 0 Å². The number of hydrogen-bond donors (Lipinski definition) is 0. The summed E-state index contributed by atoms with van der Waals surface area (Å²) in [5, 5.41) is 0.236. The van der Waals surface area contributed by atoms with E-state index in [0.29, 0.717) is 0 Å². The van der Waals surface area contributed by atoms with Gasteiger partial charge in [0.25, 0.3) is 0 Å². The van der Waals surface area contributed by atoms with E-state index in [1.54, 1.807) is 0 Å². The zero-order valence-electron chi connectivity index (χ0n) is 11.2. The van der Waals surface area contributed by atoms with Crippen LogP contribution in [-0.4, -0.2) is 15.1 Å². The molecule has 1 atom stereocenters. The second kappa shape index (κ2) is 7.70. The molecule has 0 unspecified atom stereocenters. The Morgan fingerprint density at radius 1 is 1.50 bits per heavy atom. The maximum Gasteiger partial charge on any atom is 0.221 e. The van der Waals surface area contributed by atoms with Crippen molar-refractivity contribution < 1.29 is 4.43 Å². The summed E-state index contributed by atoms with van der Waals surface area (Å²) in [6, 6.07) is 0.985. The second-order valence-corrected chi connectivity index (χ2v) is 8.09. The van der Waals surface area contributed by atoms with Crippen molar-refractivity contribution in [3.8, 4) is 12.3 Å². The molecule has 0 saturated heterocycles. The van der Waals surface area contributed by atoms with E-state index >= 15 is 0 Å². The summed E-state index contributed by atoms with van der Waals surface area (Å²) in [4.78, 5) is 0. The predicted octanol–water partition coefficient (Wildman–Crippen LogP) is 4.17. The van der Waals surface area contributed by atoms with Gasteiger partial charge < -0.3 is 4.43 Å². The molecule has 0 bridgehead atoms. The lowest BCUT2D eigenvalue weighted by molar-refractivity contribution is 0.185. The van der Waals surface area contributed by atoms with Crippen molar-refractivity contribution in [2.45, 2.75) is 64.1 Å². The lowest BCUT2D eigenvalue weighted by Crippen LogP contribution is -2.33. The predicted molar refractivity (Wildman–Crippen MR) is 73.7 cm³/mol. The van der Waals surface area contributed by atoms with Crippen LogP contribution in [0.5, 0.6) is 0 Å². The van der Waals surface area contributed by atoms with Gasteiger partial charge in [0.05, 0.1) is 6.10 Å². The van der Waals surface area contributed by atoms with Crippen LogP contribution in [0.25, 0.3) is 0 Å². The first-order chi connectivity index (χ1) is 7.45. The number of rotatable bonds is 7. The minimum Gasteiger partial charge on any atom is -0.412 e. The fourth-order valence-corrected chi connectivity index (χ4v) is 3.45. The largest absolute Gasteiger partial charge is 0.412 e. The highest BCUT2D eigenvalue weighted by Crippen LogP contribution is 2.31. The van der Waals surface area contributed by atoms with Crippen molar-refractivity contribution in [3.63, 3.8) is 0 Å². The summed E-state index contributed by atoms with van der Waals surface area (Å²) < 4.78 is 6.22. The van der Waals surface area contributed by atoms with Gasteiger partial charge in [0.15, 0.2) is 0 Å². The van der Waals surface area contributed by atoms with Crippen LogP contribution in [0.15, 0.2) is 12.7 Å². The fraction of sp³-hybridized carbons (Fsp3) is 0.714. The molecule has 0 aliphatic heterocycles. The third kappa shape index (κ3) is 6.15. The van der Waals surface area contributed by atoms with Crippen LogP contribution >= 0.6 is 0 Å². The molecule has 0 N–H and O–H groups in total. The Labute approximate surface area is 103 Å².